The predicted octanol–water partition coefficient (Wildman–Crippen LogP) is 3.87. The Labute approximate surface area is 181 Å². The fraction of sp³-hybridized carbons (Fsp3) is 0.409. The molecule has 7 nitrogen and oxygen atoms in total. The van der Waals surface area contributed by atoms with E-state index in [-0.39, 0.29) is 48.0 Å². The maximum atomic E-state index is 13.1. The molecule has 10 heteroatoms. The molecule has 0 aliphatic carbocycles. The third kappa shape index (κ3) is 5.18. The number of hydrogen-bond donors (Lipinski definition) is 2. The standard InChI is InChI=1S/C22H24F3N3O4/c1-13(2)7-8-16-17(32-15-6-3-5-14(11-15)22(23,24)25)12-26-19-18(16)20(30)28(9-4-10-29)21(31)27-19/h3,5-6,11-13,29H,4,7-10H2,1-2H3,(H,26,27,31). The molecule has 172 valence electrons. The van der Waals surface area contributed by atoms with Crippen molar-refractivity contribution < 1.29 is 23.0 Å². The average molecular weight is 451 g/mol. The zero-order valence-electron chi connectivity index (χ0n) is 17.7. The molecule has 2 heterocycles. The first kappa shape index (κ1) is 23.5. The number of halogens is 3. The molecule has 0 fully saturated rings. The summed E-state index contributed by atoms with van der Waals surface area (Å²) in [7, 11) is 0. The van der Waals surface area contributed by atoms with Crippen molar-refractivity contribution in [1.29, 1.82) is 0 Å². The smallest absolute Gasteiger partial charge is 0.416 e. The number of nitrogens with one attached hydrogen (secondary N) is 1. The van der Waals surface area contributed by atoms with E-state index in [9.17, 15) is 22.8 Å². The van der Waals surface area contributed by atoms with Crippen molar-refractivity contribution in [3.63, 3.8) is 0 Å². The van der Waals surface area contributed by atoms with Gasteiger partial charge >= 0.3 is 11.9 Å². The van der Waals surface area contributed by atoms with E-state index in [4.69, 9.17) is 9.84 Å². The molecule has 0 spiro atoms. The number of benzene rings is 1. The predicted molar refractivity (Wildman–Crippen MR) is 113 cm³/mol. The molecule has 0 saturated heterocycles. The first-order valence-corrected chi connectivity index (χ1v) is 10.2. The SMILES string of the molecule is CC(C)CCc1c(Oc2cccc(C(F)(F)F)c2)cnc2[nH]c(=O)n(CCCO)c(=O)c12. The Balaban J connectivity index is 2.16. The lowest BCUT2D eigenvalue weighted by Crippen LogP contribution is -2.36. The first-order valence-electron chi connectivity index (χ1n) is 10.2. The van der Waals surface area contributed by atoms with Gasteiger partial charge in [-0.05, 0) is 43.4 Å². The number of ether oxygens (including phenoxy) is 1. The van der Waals surface area contributed by atoms with Gasteiger partial charge in [-0.1, -0.05) is 19.9 Å². The number of alkyl halides is 3. The average Bonchev–Trinajstić information content (AvgIpc) is 2.72. The second-order valence-corrected chi connectivity index (χ2v) is 7.85. The van der Waals surface area contributed by atoms with E-state index in [2.05, 4.69) is 9.97 Å². The minimum absolute atomic E-state index is 0.0168. The molecule has 32 heavy (non-hydrogen) atoms. The molecule has 0 saturated carbocycles. The molecule has 0 aliphatic rings. The van der Waals surface area contributed by atoms with Gasteiger partial charge in [0.15, 0.2) is 0 Å². The molecule has 3 rings (SSSR count). The number of rotatable bonds is 8. The van der Waals surface area contributed by atoms with Crippen molar-refractivity contribution in [2.24, 2.45) is 5.92 Å². The number of aromatic amines is 1. The molecule has 0 aliphatic heterocycles. The van der Waals surface area contributed by atoms with Crippen molar-refractivity contribution in [2.75, 3.05) is 6.61 Å². The van der Waals surface area contributed by atoms with Crippen LogP contribution in [0.1, 0.15) is 37.8 Å². The topological polar surface area (TPSA) is 97.2 Å². The molecular weight excluding hydrogens is 427 g/mol. The van der Waals surface area contributed by atoms with Crippen molar-refractivity contribution in [3.05, 3.63) is 62.4 Å². The van der Waals surface area contributed by atoms with Crippen LogP contribution in [0.15, 0.2) is 40.1 Å². The molecule has 2 aromatic heterocycles. The summed E-state index contributed by atoms with van der Waals surface area (Å²) in [5, 5.41) is 9.22. The van der Waals surface area contributed by atoms with Crippen molar-refractivity contribution in [2.45, 2.75) is 45.8 Å². The number of aromatic nitrogens is 3. The van der Waals surface area contributed by atoms with Crippen LogP contribution in [-0.4, -0.2) is 26.2 Å². The zero-order valence-corrected chi connectivity index (χ0v) is 17.7. The van der Waals surface area contributed by atoms with E-state index < -0.39 is 23.0 Å². The first-order chi connectivity index (χ1) is 15.1. The number of nitrogens with zero attached hydrogens (tertiary/aromatic N) is 2. The van der Waals surface area contributed by atoms with E-state index in [1.54, 1.807) is 0 Å². The Bertz CT molecular complexity index is 1220. The molecule has 0 atom stereocenters. The molecular formula is C22H24F3N3O4. The molecule has 2 N–H and O–H groups in total. The van der Waals surface area contributed by atoms with Gasteiger partial charge < -0.3 is 9.84 Å². The Kier molecular flexibility index (Phi) is 7.02. The molecule has 0 radical (unpaired) electrons. The van der Waals surface area contributed by atoms with Gasteiger partial charge in [-0.25, -0.2) is 9.78 Å². The Morgan fingerprint density at radius 3 is 2.66 bits per heavy atom. The Morgan fingerprint density at radius 1 is 1.25 bits per heavy atom. The van der Waals surface area contributed by atoms with Gasteiger partial charge in [0.2, 0.25) is 0 Å². The quantitative estimate of drug-likeness (QED) is 0.542. The lowest BCUT2D eigenvalue weighted by atomic mass is 10.0. The summed E-state index contributed by atoms with van der Waals surface area (Å²) in [5.41, 5.74) is -1.55. The van der Waals surface area contributed by atoms with Crippen LogP contribution in [0.5, 0.6) is 11.5 Å². The highest BCUT2D eigenvalue weighted by Crippen LogP contribution is 2.34. The van der Waals surface area contributed by atoms with Gasteiger partial charge in [0.1, 0.15) is 17.1 Å². The molecule has 0 bridgehead atoms. The van der Waals surface area contributed by atoms with Crippen molar-refractivity contribution in [3.8, 4) is 11.5 Å². The lowest BCUT2D eigenvalue weighted by molar-refractivity contribution is -0.137. The van der Waals surface area contributed by atoms with E-state index in [0.29, 0.717) is 18.4 Å². The van der Waals surface area contributed by atoms with E-state index in [0.717, 1.165) is 16.7 Å². The summed E-state index contributed by atoms with van der Waals surface area (Å²) in [6, 6.07) is 4.44. The number of aliphatic hydroxyl groups is 1. The summed E-state index contributed by atoms with van der Waals surface area (Å²) >= 11 is 0. The van der Waals surface area contributed by atoms with Crippen molar-refractivity contribution >= 4 is 11.0 Å². The van der Waals surface area contributed by atoms with Crippen LogP contribution in [0, 0.1) is 5.92 Å². The second-order valence-electron chi connectivity index (χ2n) is 7.85. The van der Waals surface area contributed by atoms with Gasteiger partial charge in [0.25, 0.3) is 5.56 Å². The maximum absolute atomic E-state index is 13.1. The van der Waals surface area contributed by atoms with E-state index in [1.165, 1.54) is 18.3 Å². The van der Waals surface area contributed by atoms with Crippen LogP contribution in [0.3, 0.4) is 0 Å². The van der Waals surface area contributed by atoms with E-state index >= 15 is 0 Å². The number of aryl methyl sites for hydroxylation is 1. The summed E-state index contributed by atoms with van der Waals surface area (Å²) in [4.78, 5) is 32.1. The summed E-state index contributed by atoms with van der Waals surface area (Å²) in [6.45, 7) is 3.82. The van der Waals surface area contributed by atoms with E-state index in [1.807, 2.05) is 13.8 Å². The highest BCUT2D eigenvalue weighted by molar-refractivity contribution is 5.80. The Morgan fingerprint density at radius 2 is 2.00 bits per heavy atom. The van der Waals surface area contributed by atoms with Gasteiger partial charge in [0.05, 0.1) is 17.1 Å². The van der Waals surface area contributed by atoms with Gasteiger partial charge in [-0.15, -0.1) is 0 Å². The van der Waals surface area contributed by atoms with Gasteiger partial charge in [-0.3, -0.25) is 14.3 Å². The fourth-order valence-electron chi connectivity index (χ4n) is 3.32. The van der Waals surface area contributed by atoms with Gasteiger partial charge in [-0.2, -0.15) is 13.2 Å². The summed E-state index contributed by atoms with van der Waals surface area (Å²) in [6.07, 6.45) is -1.95. The highest BCUT2D eigenvalue weighted by atomic mass is 19.4. The second kappa shape index (κ2) is 9.56. The number of pyridine rings is 1. The van der Waals surface area contributed by atoms with Crippen LogP contribution in [-0.2, 0) is 19.1 Å². The van der Waals surface area contributed by atoms with Gasteiger partial charge in [0, 0.05) is 18.7 Å². The highest BCUT2D eigenvalue weighted by Gasteiger charge is 2.30. The van der Waals surface area contributed by atoms with Crippen LogP contribution < -0.4 is 16.0 Å². The largest absolute Gasteiger partial charge is 0.455 e. The number of aliphatic hydroxyl groups excluding tert-OH is 1. The van der Waals surface area contributed by atoms with Crippen LogP contribution in [0.25, 0.3) is 11.0 Å². The third-order valence-electron chi connectivity index (χ3n) is 4.98. The molecule has 3 aromatic rings. The molecule has 0 amide bonds. The minimum atomic E-state index is -4.53. The Hall–Kier alpha value is -3.14. The van der Waals surface area contributed by atoms with Crippen molar-refractivity contribution in [1.82, 2.24) is 14.5 Å². The van der Waals surface area contributed by atoms with Crippen LogP contribution in [0.4, 0.5) is 13.2 Å². The summed E-state index contributed by atoms with van der Waals surface area (Å²) < 4.78 is 46.0. The summed E-state index contributed by atoms with van der Waals surface area (Å²) in [5.74, 6) is 0.381. The maximum Gasteiger partial charge on any atom is 0.416 e. The van der Waals surface area contributed by atoms with Crippen LogP contribution >= 0.6 is 0 Å². The molecule has 1 aromatic carbocycles. The number of hydrogen-bond acceptors (Lipinski definition) is 5. The fourth-order valence-corrected chi connectivity index (χ4v) is 3.32. The number of H-pyrrole nitrogens is 1. The minimum Gasteiger partial charge on any atom is -0.455 e. The monoisotopic (exact) mass is 451 g/mol. The molecule has 0 unspecified atom stereocenters. The zero-order chi connectivity index (χ0) is 23.5. The number of fused-ring (bicyclic) bond motifs is 1. The van der Waals surface area contributed by atoms with Crippen LogP contribution in [0.2, 0.25) is 0 Å². The normalized spacial score (nSPS) is 12.0. The third-order valence-corrected chi connectivity index (χ3v) is 4.98. The lowest BCUT2D eigenvalue weighted by Gasteiger charge is -2.16.